The van der Waals surface area contributed by atoms with Crippen LogP contribution < -0.4 is 11.3 Å². The van der Waals surface area contributed by atoms with Crippen molar-refractivity contribution in [1.82, 2.24) is 4.57 Å². The van der Waals surface area contributed by atoms with E-state index in [1.807, 2.05) is 7.05 Å². The molecular formula is C10H14N2O. The van der Waals surface area contributed by atoms with E-state index in [0.717, 1.165) is 30.6 Å². The minimum atomic E-state index is 0.0538. The smallest absolute Gasteiger partial charge is 0.255 e. The fourth-order valence-corrected chi connectivity index (χ4v) is 2.10. The van der Waals surface area contributed by atoms with Gasteiger partial charge in [-0.3, -0.25) is 4.79 Å². The molecule has 3 heteroatoms. The third-order valence-electron chi connectivity index (χ3n) is 2.95. The van der Waals surface area contributed by atoms with Crippen molar-refractivity contribution in [2.75, 3.05) is 5.73 Å². The summed E-state index contributed by atoms with van der Waals surface area (Å²) >= 11 is 0. The molecule has 70 valence electrons. The number of fused-ring (bicyclic) bond motifs is 1. The van der Waals surface area contributed by atoms with Crippen LogP contribution in [0.4, 0.5) is 5.69 Å². The molecule has 2 N–H and O–H groups in total. The van der Waals surface area contributed by atoms with Crippen LogP contribution in [0.5, 0.6) is 0 Å². The zero-order chi connectivity index (χ0) is 9.59. The van der Waals surface area contributed by atoms with Crippen LogP contribution >= 0.6 is 0 Å². The van der Waals surface area contributed by atoms with Crippen LogP contribution in [-0.4, -0.2) is 4.57 Å². The fraction of sp³-hybridized carbons (Fsp3) is 0.500. The number of aromatic nitrogens is 1. The predicted octanol–water partition coefficient (Wildman–Crippen LogP) is 0.765. The molecule has 2 rings (SSSR count). The van der Waals surface area contributed by atoms with Gasteiger partial charge < -0.3 is 10.3 Å². The first-order valence-corrected chi connectivity index (χ1v) is 4.59. The Morgan fingerprint density at radius 1 is 1.38 bits per heavy atom. The highest BCUT2D eigenvalue weighted by Gasteiger charge is 2.19. The Balaban J connectivity index is 2.85. The van der Waals surface area contributed by atoms with E-state index in [9.17, 15) is 4.79 Å². The van der Waals surface area contributed by atoms with Gasteiger partial charge in [0, 0.05) is 24.0 Å². The summed E-state index contributed by atoms with van der Waals surface area (Å²) in [5.41, 5.74) is 9.69. The molecule has 0 atom stereocenters. The van der Waals surface area contributed by atoms with Crippen molar-refractivity contribution in [1.29, 1.82) is 0 Å². The minimum Gasteiger partial charge on any atom is -0.398 e. The second-order valence-electron chi connectivity index (χ2n) is 3.68. The molecular weight excluding hydrogens is 164 g/mol. The molecule has 0 aromatic carbocycles. The minimum absolute atomic E-state index is 0.0538. The summed E-state index contributed by atoms with van der Waals surface area (Å²) < 4.78 is 1.74. The molecule has 0 aliphatic heterocycles. The first-order valence-electron chi connectivity index (χ1n) is 4.59. The third-order valence-corrected chi connectivity index (χ3v) is 2.95. The van der Waals surface area contributed by atoms with Gasteiger partial charge in [0.1, 0.15) is 0 Å². The molecule has 1 heterocycles. The highest BCUT2D eigenvalue weighted by Crippen LogP contribution is 2.26. The van der Waals surface area contributed by atoms with Crippen LogP contribution in [0.2, 0.25) is 0 Å². The summed E-state index contributed by atoms with van der Waals surface area (Å²) in [5.74, 6) is 0. The molecule has 0 spiro atoms. The molecule has 0 amide bonds. The molecule has 0 fully saturated rings. The zero-order valence-electron chi connectivity index (χ0n) is 8.05. The predicted molar refractivity (Wildman–Crippen MR) is 52.9 cm³/mol. The van der Waals surface area contributed by atoms with Gasteiger partial charge in [0.25, 0.3) is 5.56 Å². The standard InChI is InChI=1S/C10H14N2O/c1-6-9(11)7-4-3-5-8(7)12(2)10(6)13/h3-5,11H2,1-2H3. The number of nitrogens with two attached hydrogens (primary N) is 1. The van der Waals surface area contributed by atoms with Gasteiger partial charge in [-0.1, -0.05) is 0 Å². The SMILES string of the molecule is Cc1c(N)c2c(n(C)c1=O)CCC2. The number of hydrogen-bond acceptors (Lipinski definition) is 2. The fourth-order valence-electron chi connectivity index (χ4n) is 2.10. The van der Waals surface area contributed by atoms with Crippen molar-refractivity contribution in [2.45, 2.75) is 26.2 Å². The maximum absolute atomic E-state index is 11.6. The van der Waals surface area contributed by atoms with E-state index in [4.69, 9.17) is 5.73 Å². The monoisotopic (exact) mass is 178 g/mol. The third kappa shape index (κ3) is 0.996. The van der Waals surface area contributed by atoms with Crippen molar-refractivity contribution < 1.29 is 0 Å². The molecule has 1 aliphatic carbocycles. The summed E-state index contributed by atoms with van der Waals surface area (Å²) in [6.45, 7) is 1.80. The molecule has 0 saturated heterocycles. The lowest BCUT2D eigenvalue weighted by molar-refractivity contribution is 0.773. The van der Waals surface area contributed by atoms with E-state index in [2.05, 4.69) is 0 Å². The number of pyridine rings is 1. The summed E-state index contributed by atoms with van der Waals surface area (Å²) in [6.07, 6.45) is 3.14. The van der Waals surface area contributed by atoms with Crippen LogP contribution in [0.25, 0.3) is 0 Å². The summed E-state index contributed by atoms with van der Waals surface area (Å²) in [7, 11) is 1.83. The lowest BCUT2D eigenvalue weighted by Gasteiger charge is -2.11. The molecule has 1 aromatic rings. The van der Waals surface area contributed by atoms with Crippen LogP contribution in [0.3, 0.4) is 0 Å². The molecule has 0 saturated carbocycles. The van der Waals surface area contributed by atoms with Crippen LogP contribution in [0, 0.1) is 6.92 Å². The van der Waals surface area contributed by atoms with Gasteiger partial charge >= 0.3 is 0 Å². The van der Waals surface area contributed by atoms with Crippen LogP contribution in [0.15, 0.2) is 4.79 Å². The second-order valence-corrected chi connectivity index (χ2v) is 3.68. The van der Waals surface area contributed by atoms with Gasteiger partial charge in [0.15, 0.2) is 0 Å². The van der Waals surface area contributed by atoms with Crippen LogP contribution in [0.1, 0.15) is 23.2 Å². The average molecular weight is 178 g/mol. The lowest BCUT2D eigenvalue weighted by Crippen LogP contribution is -2.24. The Labute approximate surface area is 77.2 Å². The first-order chi connectivity index (χ1) is 6.13. The van der Waals surface area contributed by atoms with Crippen molar-refractivity contribution >= 4 is 5.69 Å². The highest BCUT2D eigenvalue weighted by atomic mass is 16.1. The normalized spacial score (nSPS) is 14.6. The Bertz CT molecular complexity index is 418. The van der Waals surface area contributed by atoms with E-state index in [-0.39, 0.29) is 5.56 Å². The van der Waals surface area contributed by atoms with E-state index in [1.165, 1.54) is 5.56 Å². The number of rotatable bonds is 0. The Morgan fingerprint density at radius 2 is 2.08 bits per heavy atom. The molecule has 3 nitrogen and oxygen atoms in total. The molecule has 0 bridgehead atoms. The maximum Gasteiger partial charge on any atom is 0.255 e. The van der Waals surface area contributed by atoms with Gasteiger partial charge in [0.05, 0.1) is 0 Å². The van der Waals surface area contributed by atoms with E-state index < -0.39 is 0 Å². The summed E-state index contributed by atoms with van der Waals surface area (Å²) in [5, 5.41) is 0. The number of anilines is 1. The lowest BCUT2D eigenvalue weighted by atomic mass is 10.1. The Kier molecular flexibility index (Phi) is 1.68. The van der Waals surface area contributed by atoms with Gasteiger partial charge in [0.2, 0.25) is 0 Å². The molecule has 13 heavy (non-hydrogen) atoms. The van der Waals surface area contributed by atoms with Gasteiger partial charge in [-0.2, -0.15) is 0 Å². The molecule has 0 radical (unpaired) electrons. The largest absolute Gasteiger partial charge is 0.398 e. The second kappa shape index (κ2) is 2.62. The van der Waals surface area contributed by atoms with Gasteiger partial charge in [-0.25, -0.2) is 0 Å². The number of nitrogens with zero attached hydrogens (tertiary/aromatic N) is 1. The molecule has 1 aliphatic rings. The summed E-state index contributed by atoms with van der Waals surface area (Å²) in [6, 6.07) is 0. The van der Waals surface area contributed by atoms with E-state index in [0.29, 0.717) is 5.56 Å². The maximum atomic E-state index is 11.6. The first kappa shape index (κ1) is 8.35. The van der Waals surface area contributed by atoms with Crippen molar-refractivity contribution in [3.63, 3.8) is 0 Å². The van der Waals surface area contributed by atoms with Crippen LogP contribution in [-0.2, 0) is 19.9 Å². The topological polar surface area (TPSA) is 48.0 Å². The quantitative estimate of drug-likeness (QED) is 0.637. The van der Waals surface area contributed by atoms with Crippen molar-refractivity contribution in [3.05, 3.63) is 27.2 Å². The van der Waals surface area contributed by atoms with E-state index in [1.54, 1.807) is 11.5 Å². The van der Waals surface area contributed by atoms with E-state index >= 15 is 0 Å². The van der Waals surface area contributed by atoms with Crippen molar-refractivity contribution in [2.24, 2.45) is 7.05 Å². The average Bonchev–Trinajstić information content (AvgIpc) is 2.59. The Morgan fingerprint density at radius 3 is 2.77 bits per heavy atom. The molecule has 1 aromatic heterocycles. The van der Waals surface area contributed by atoms with Gasteiger partial charge in [-0.05, 0) is 31.7 Å². The number of hydrogen-bond donors (Lipinski definition) is 1. The highest BCUT2D eigenvalue weighted by molar-refractivity contribution is 5.55. The van der Waals surface area contributed by atoms with Gasteiger partial charge in [-0.15, -0.1) is 0 Å². The zero-order valence-corrected chi connectivity index (χ0v) is 8.05. The molecule has 0 unspecified atom stereocenters. The Hall–Kier alpha value is -1.25. The number of nitrogen functional groups attached to an aromatic ring is 1. The summed E-state index contributed by atoms with van der Waals surface area (Å²) in [4.78, 5) is 11.6. The van der Waals surface area contributed by atoms with Crippen molar-refractivity contribution in [3.8, 4) is 0 Å².